The van der Waals surface area contributed by atoms with Gasteiger partial charge in [-0.15, -0.1) is 11.3 Å². The molecule has 1 heterocycles. The normalized spacial score (nSPS) is 10.0. The molecule has 2 N–H and O–H groups in total. The lowest BCUT2D eigenvalue weighted by atomic mass is 10.2. The molecule has 1 aromatic heterocycles. The average molecular weight is 332 g/mol. The van der Waals surface area contributed by atoms with Gasteiger partial charge < -0.3 is 15.4 Å². The van der Waals surface area contributed by atoms with Crippen molar-refractivity contribution in [3.63, 3.8) is 0 Å². The van der Waals surface area contributed by atoms with Crippen LogP contribution in [0.3, 0.4) is 0 Å². The van der Waals surface area contributed by atoms with Gasteiger partial charge in [-0.05, 0) is 43.3 Å². The topological polar surface area (TPSA) is 84.5 Å². The number of anilines is 1. The Morgan fingerprint density at radius 3 is 2.30 bits per heavy atom. The molecule has 2 rings (SSSR count). The van der Waals surface area contributed by atoms with Crippen molar-refractivity contribution in [2.24, 2.45) is 0 Å². The first-order valence-corrected chi connectivity index (χ1v) is 7.64. The van der Waals surface area contributed by atoms with Gasteiger partial charge in [0, 0.05) is 16.1 Å². The van der Waals surface area contributed by atoms with E-state index in [0.29, 0.717) is 16.1 Å². The molecule has 0 radical (unpaired) electrons. The zero-order valence-corrected chi connectivity index (χ0v) is 13.5. The third-order valence-electron chi connectivity index (χ3n) is 2.99. The van der Waals surface area contributed by atoms with Gasteiger partial charge in [-0.25, -0.2) is 0 Å². The molecule has 1 aromatic carbocycles. The number of aryl methyl sites for hydroxylation is 1. The van der Waals surface area contributed by atoms with Crippen molar-refractivity contribution < 1.29 is 19.1 Å². The van der Waals surface area contributed by atoms with Gasteiger partial charge in [0.2, 0.25) is 0 Å². The number of carbonyl (C=O) groups excluding carboxylic acids is 3. The second-order valence-corrected chi connectivity index (χ2v) is 5.99. The van der Waals surface area contributed by atoms with Gasteiger partial charge in [0.25, 0.3) is 11.8 Å². The van der Waals surface area contributed by atoms with Crippen molar-refractivity contribution in [1.29, 1.82) is 0 Å². The molecule has 2 aromatic rings. The van der Waals surface area contributed by atoms with Crippen LogP contribution < -0.4 is 10.6 Å². The van der Waals surface area contributed by atoms with Crippen LogP contribution >= 0.6 is 11.3 Å². The summed E-state index contributed by atoms with van der Waals surface area (Å²) in [5, 5.41) is 5.20. The maximum absolute atomic E-state index is 12.0. The number of rotatable bonds is 5. The lowest BCUT2D eigenvalue weighted by molar-refractivity contribution is -0.139. The Morgan fingerprint density at radius 1 is 1.04 bits per heavy atom. The maximum Gasteiger partial charge on any atom is 0.325 e. The number of thiophene rings is 1. The second-order valence-electron chi connectivity index (χ2n) is 4.70. The minimum atomic E-state index is -0.520. The van der Waals surface area contributed by atoms with E-state index in [0.717, 1.165) is 4.88 Å². The van der Waals surface area contributed by atoms with Crippen LogP contribution in [0.2, 0.25) is 0 Å². The smallest absolute Gasteiger partial charge is 0.325 e. The monoisotopic (exact) mass is 332 g/mol. The largest absolute Gasteiger partial charge is 0.468 e. The van der Waals surface area contributed by atoms with Crippen molar-refractivity contribution in [2.45, 2.75) is 6.92 Å². The fourth-order valence-corrected chi connectivity index (χ4v) is 2.54. The van der Waals surface area contributed by atoms with Crippen LogP contribution in [0.15, 0.2) is 36.4 Å². The van der Waals surface area contributed by atoms with Gasteiger partial charge in [-0.1, -0.05) is 0 Å². The number of nitrogens with one attached hydrogen (secondary N) is 2. The van der Waals surface area contributed by atoms with E-state index < -0.39 is 5.97 Å². The number of carbonyl (C=O) groups is 3. The molecule has 0 fully saturated rings. The molecule has 0 spiro atoms. The molecule has 0 bridgehead atoms. The van der Waals surface area contributed by atoms with Crippen LogP contribution in [0.25, 0.3) is 0 Å². The highest BCUT2D eigenvalue weighted by Gasteiger charge is 2.10. The summed E-state index contributed by atoms with van der Waals surface area (Å²) in [7, 11) is 1.25. The minimum Gasteiger partial charge on any atom is -0.468 e. The van der Waals surface area contributed by atoms with Crippen LogP contribution in [0.4, 0.5) is 5.69 Å². The number of esters is 1. The van der Waals surface area contributed by atoms with Gasteiger partial charge in [-0.2, -0.15) is 0 Å². The van der Waals surface area contributed by atoms with Gasteiger partial charge in [0.05, 0.1) is 12.0 Å². The van der Waals surface area contributed by atoms with E-state index in [9.17, 15) is 14.4 Å². The Bertz CT molecular complexity index is 722. The summed E-state index contributed by atoms with van der Waals surface area (Å²) in [6, 6.07) is 10.1. The van der Waals surface area contributed by atoms with Crippen molar-refractivity contribution in [3.8, 4) is 0 Å². The Hall–Kier alpha value is -2.67. The Kier molecular flexibility index (Phi) is 5.48. The molecule has 0 aliphatic heterocycles. The predicted octanol–water partition coefficient (Wildman–Crippen LogP) is 2.21. The summed E-state index contributed by atoms with van der Waals surface area (Å²) in [4.78, 5) is 36.5. The van der Waals surface area contributed by atoms with Crippen molar-refractivity contribution in [2.75, 3.05) is 19.0 Å². The number of amides is 2. The first kappa shape index (κ1) is 16.7. The van der Waals surface area contributed by atoms with Crippen LogP contribution in [0.1, 0.15) is 24.9 Å². The standard InChI is InChI=1S/C16H16N2O4S/c1-10-3-8-13(23-10)16(21)18-12-6-4-11(5-7-12)15(20)17-9-14(19)22-2/h3-8H,9H2,1-2H3,(H,17,20)(H,18,21). The fraction of sp³-hybridized carbons (Fsp3) is 0.188. The van der Waals surface area contributed by atoms with Gasteiger partial charge in [0.1, 0.15) is 6.54 Å². The molecule has 6 nitrogen and oxygen atoms in total. The number of ether oxygens (including phenoxy) is 1. The van der Waals surface area contributed by atoms with E-state index in [-0.39, 0.29) is 18.4 Å². The molecule has 23 heavy (non-hydrogen) atoms. The molecule has 0 saturated carbocycles. The minimum absolute atomic E-state index is 0.189. The van der Waals surface area contributed by atoms with Gasteiger partial charge >= 0.3 is 5.97 Å². The SMILES string of the molecule is COC(=O)CNC(=O)c1ccc(NC(=O)c2ccc(C)s2)cc1. The summed E-state index contributed by atoms with van der Waals surface area (Å²) >= 11 is 1.41. The quantitative estimate of drug-likeness (QED) is 0.822. The number of hydrogen-bond acceptors (Lipinski definition) is 5. The summed E-state index contributed by atoms with van der Waals surface area (Å²) in [5.41, 5.74) is 0.976. The molecule has 0 aliphatic rings. The molecule has 120 valence electrons. The molecule has 2 amide bonds. The number of benzene rings is 1. The third-order valence-corrected chi connectivity index (χ3v) is 3.99. The molecule has 0 aliphatic carbocycles. The lowest BCUT2D eigenvalue weighted by Gasteiger charge is -2.06. The molecular weight excluding hydrogens is 316 g/mol. The summed E-state index contributed by atoms with van der Waals surface area (Å²) in [5.74, 6) is -1.10. The van der Waals surface area contributed by atoms with Crippen molar-refractivity contribution >= 4 is 34.8 Å². The molecule has 0 atom stereocenters. The lowest BCUT2D eigenvalue weighted by Crippen LogP contribution is -2.30. The Balaban J connectivity index is 1.95. The number of methoxy groups -OCH3 is 1. The maximum atomic E-state index is 12.0. The van der Waals surface area contributed by atoms with E-state index in [4.69, 9.17) is 0 Å². The van der Waals surface area contributed by atoms with E-state index in [1.54, 1.807) is 30.3 Å². The first-order valence-electron chi connectivity index (χ1n) is 6.82. The molecule has 7 heteroatoms. The van der Waals surface area contributed by atoms with Crippen molar-refractivity contribution in [3.05, 3.63) is 51.7 Å². The van der Waals surface area contributed by atoms with Crippen LogP contribution in [0, 0.1) is 6.92 Å². The Labute approximate surface area is 137 Å². The van der Waals surface area contributed by atoms with Gasteiger partial charge in [0.15, 0.2) is 0 Å². The van der Waals surface area contributed by atoms with Crippen LogP contribution in [-0.4, -0.2) is 31.4 Å². The van der Waals surface area contributed by atoms with Crippen LogP contribution in [0.5, 0.6) is 0 Å². The first-order chi connectivity index (χ1) is 11.0. The highest BCUT2D eigenvalue weighted by molar-refractivity contribution is 7.14. The summed E-state index contributed by atoms with van der Waals surface area (Å²) < 4.78 is 4.44. The van der Waals surface area contributed by atoms with Crippen LogP contribution in [-0.2, 0) is 9.53 Å². The van der Waals surface area contributed by atoms with E-state index in [1.165, 1.54) is 18.4 Å². The highest BCUT2D eigenvalue weighted by Crippen LogP contribution is 2.17. The summed E-state index contributed by atoms with van der Waals surface area (Å²) in [6.07, 6.45) is 0. The third kappa shape index (κ3) is 4.65. The average Bonchev–Trinajstić information content (AvgIpc) is 2.99. The van der Waals surface area contributed by atoms with E-state index >= 15 is 0 Å². The molecule has 0 saturated heterocycles. The van der Waals surface area contributed by atoms with E-state index in [2.05, 4.69) is 15.4 Å². The predicted molar refractivity (Wildman–Crippen MR) is 87.8 cm³/mol. The second kappa shape index (κ2) is 7.55. The highest BCUT2D eigenvalue weighted by atomic mass is 32.1. The van der Waals surface area contributed by atoms with Crippen molar-refractivity contribution in [1.82, 2.24) is 5.32 Å². The molecule has 0 unspecified atom stereocenters. The Morgan fingerprint density at radius 2 is 1.74 bits per heavy atom. The molecular formula is C16H16N2O4S. The van der Waals surface area contributed by atoms with Gasteiger partial charge in [-0.3, -0.25) is 14.4 Å². The fourth-order valence-electron chi connectivity index (χ4n) is 1.78. The number of hydrogen-bond donors (Lipinski definition) is 2. The summed E-state index contributed by atoms with van der Waals surface area (Å²) in [6.45, 7) is 1.74. The zero-order chi connectivity index (χ0) is 16.8. The zero-order valence-electron chi connectivity index (χ0n) is 12.7. The van der Waals surface area contributed by atoms with E-state index in [1.807, 2.05) is 13.0 Å².